The fourth-order valence-corrected chi connectivity index (χ4v) is 5.78. The molecule has 2 aromatic heterocycles. The predicted molar refractivity (Wildman–Crippen MR) is 150 cm³/mol. The Labute approximate surface area is 225 Å². The van der Waals surface area contributed by atoms with Gasteiger partial charge in [-0.25, -0.2) is 9.97 Å². The second-order valence-corrected chi connectivity index (χ2v) is 22.7. The zero-order chi connectivity index (χ0) is 25.0. The molecule has 2 atom stereocenters. The number of nitrogens with zero attached hydrogens (tertiary/aromatic N) is 5. The molecule has 3 aromatic rings. The van der Waals surface area contributed by atoms with Gasteiger partial charge in [0, 0.05) is 28.9 Å². The fraction of sp³-hybridized carbons (Fsp3) is 0.375. The van der Waals surface area contributed by atoms with Crippen LogP contribution in [0.15, 0.2) is 64.6 Å². The summed E-state index contributed by atoms with van der Waals surface area (Å²) in [4.78, 5) is 9.05. The molecule has 35 heavy (non-hydrogen) atoms. The molecule has 3 heterocycles. The minimum absolute atomic E-state index is 0.0723. The van der Waals surface area contributed by atoms with Gasteiger partial charge in [0.15, 0.2) is 0 Å². The van der Waals surface area contributed by atoms with Gasteiger partial charge in [0.2, 0.25) is 0 Å². The van der Waals surface area contributed by atoms with Crippen molar-refractivity contribution in [3.63, 3.8) is 0 Å². The molecule has 0 radical (unpaired) electrons. The number of hydrogen-bond donors (Lipinski definition) is 0. The molecule has 6 nitrogen and oxygen atoms in total. The number of hydrazone groups is 1. The van der Waals surface area contributed by atoms with Crippen molar-refractivity contribution >= 4 is 60.5 Å². The highest BCUT2D eigenvalue weighted by molar-refractivity contribution is 14.1. The van der Waals surface area contributed by atoms with Crippen LogP contribution in [0.2, 0.25) is 19.1 Å². The van der Waals surface area contributed by atoms with Crippen LogP contribution in [0.3, 0.4) is 0 Å². The third-order valence-corrected chi connectivity index (χ3v) is 9.38. The van der Waals surface area contributed by atoms with E-state index in [2.05, 4.69) is 65.9 Å². The number of benzene rings is 1. The first-order valence-electron chi connectivity index (χ1n) is 11.3. The van der Waals surface area contributed by atoms with Crippen molar-refractivity contribution in [1.29, 1.82) is 0 Å². The van der Waals surface area contributed by atoms with Crippen molar-refractivity contribution in [2.75, 3.05) is 13.2 Å². The van der Waals surface area contributed by atoms with Crippen LogP contribution < -0.4 is 0 Å². The molecular weight excluding hydrogens is 647 g/mol. The summed E-state index contributed by atoms with van der Waals surface area (Å²) in [7, 11) is 0. The molecule has 0 N–H and O–H groups in total. The van der Waals surface area contributed by atoms with E-state index in [1.807, 2.05) is 52.3 Å². The van der Waals surface area contributed by atoms with E-state index >= 15 is 0 Å². The lowest BCUT2D eigenvalue weighted by molar-refractivity contribution is 0.0901. The first-order chi connectivity index (χ1) is 16.7. The van der Waals surface area contributed by atoms with Gasteiger partial charge in [0.25, 0.3) is 6.08 Å². The lowest BCUT2D eigenvalue weighted by Gasteiger charge is -2.27. The molecule has 1 aliphatic rings. The van der Waals surface area contributed by atoms with E-state index in [1.165, 1.54) is 0 Å². The van der Waals surface area contributed by atoms with Gasteiger partial charge in [-0.1, -0.05) is 41.2 Å². The highest BCUT2D eigenvalue weighted by Crippen LogP contribution is 2.34. The summed E-state index contributed by atoms with van der Waals surface area (Å²) in [6.45, 7) is 6.36. The molecule has 0 saturated heterocycles. The van der Waals surface area contributed by atoms with Crippen molar-refractivity contribution in [2.45, 2.75) is 44.2 Å². The summed E-state index contributed by atoms with van der Waals surface area (Å²) in [6.07, 6.45) is 4.82. The Morgan fingerprint density at radius 3 is 2.89 bits per heavy atom. The Balaban J connectivity index is 1.51. The monoisotopic (exact) mass is 673 g/mol. The topological polar surface area (TPSA) is 55.5 Å². The van der Waals surface area contributed by atoms with E-state index in [4.69, 9.17) is 4.74 Å². The standard InChI is InChI=1S/C24H27BrF2IN5OSi/c1-35(2,28)11-10-34-16-32-9-8-20-23(29-15-30-24(20)32)18-13-31-33(14-18)21(6-7-22(26)27)17-4-3-5-19(25)12-17/h3-5,7-9,12-13,15,18,21H,6,10-11,14,16H2,1-2H3. The van der Waals surface area contributed by atoms with Crippen LogP contribution in [-0.2, 0) is 11.5 Å². The number of ether oxygens (including phenoxy) is 1. The van der Waals surface area contributed by atoms with Gasteiger partial charge in [0.05, 0.1) is 24.2 Å². The molecule has 0 spiro atoms. The summed E-state index contributed by atoms with van der Waals surface area (Å²) < 4.78 is 34.7. The number of rotatable bonds is 10. The first kappa shape index (κ1) is 26.4. The Morgan fingerprint density at radius 2 is 2.14 bits per heavy atom. The van der Waals surface area contributed by atoms with E-state index in [0.717, 1.165) is 45.5 Å². The number of fused-ring (bicyclic) bond motifs is 1. The van der Waals surface area contributed by atoms with Crippen molar-refractivity contribution in [3.8, 4) is 0 Å². The third kappa shape index (κ3) is 6.95. The maximum absolute atomic E-state index is 12.9. The van der Waals surface area contributed by atoms with E-state index in [1.54, 1.807) is 6.33 Å². The summed E-state index contributed by atoms with van der Waals surface area (Å²) in [5, 5.41) is 7.43. The lowest BCUT2D eigenvalue weighted by atomic mass is 10.0. The van der Waals surface area contributed by atoms with Crippen LogP contribution in [-0.4, -0.2) is 44.5 Å². The van der Waals surface area contributed by atoms with Gasteiger partial charge >= 0.3 is 0 Å². The highest BCUT2D eigenvalue weighted by Gasteiger charge is 2.29. The molecule has 0 bridgehead atoms. The van der Waals surface area contributed by atoms with Gasteiger partial charge in [-0.3, -0.25) is 5.01 Å². The zero-order valence-electron chi connectivity index (χ0n) is 19.5. The average Bonchev–Trinajstić information content (AvgIpc) is 3.44. The Kier molecular flexibility index (Phi) is 8.71. The van der Waals surface area contributed by atoms with Gasteiger partial charge in [0.1, 0.15) is 24.3 Å². The Bertz CT molecular complexity index is 1230. The second kappa shape index (κ2) is 11.6. The fourth-order valence-electron chi connectivity index (χ4n) is 4.07. The largest absolute Gasteiger partial charge is 0.361 e. The molecule has 11 heteroatoms. The van der Waals surface area contributed by atoms with Crippen molar-refractivity contribution in [2.24, 2.45) is 5.10 Å². The van der Waals surface area contributed by atoms with Crippen LogP contribution in [0, 0.1) is 0 Å². The van der Waals surface area contributed by atoms with E-state index in [9.17, 15) is 8.78 Å². The van der Waals surface area contributed by atoms with Crippen LogP contribution >= 0.6 is 37.7 Å². The molecule has 186 valence electrons. The maximum atomic E-state index is 12.9. The van der Waals surface area contributed by atoms with Gasteiger partial charge in [-0.2, -0.15) is 13.9 Å². The SMILES string of the molecule is C[Si](C)(I)CCOCn1ccc2c(C3C=NN(C(CC=C(F)F)c4cccc(Br)c4)C3)ncnc21. The second-order valence-electron chi connectivity index (χ2n) is 9.08. The summed E-state index contributed by atoms with van der Waals surface area (Å²) in [6, 6.07) is 10.5. The van der Waals surface area contributed by atoms with Gasteiger partial charge in [-0.05, 0) is 42.3 Å². The molecule has 1 aliphatic heterocycles. The van der Waals surface area contributed by atoms with Crippen LogP contribution in [0.1, 0.15) is 29.6 Å². The average molecular weight is 674 g/mol. The van der Waals surface area contributed by atoms with E-state index in [-0.39, 0.29) is 18.4 Å². The minimum Gasteiger partial charge on any atom is -0.361 e. The Hall–Kier alpha value is -1.70. The van der Waals surface area contributed by atoms with Crippen LogP contribution in [0.5, 0.6) is 0 Å². The van der Waals surface area contributed by atoms with Crippen molar-refractivity contribution in [1.82, 2.24) is 19.5 Å². The molecule has 0 aliphatic carbocycles. The van der Waals surface area contributed by atoms with Crippen LogP contribution in [0.4, 0.5) is 8.78 Å². The normalized spacial score (nSPS) is 16.7. The molecule has 0 saturated carbocycles. The molecule has 1 aromatic carbocycles. The zero-order valence-corrected chi connectivity index (χ0v) is 24.3. The summed E-state index contributed by atoms with van der Waals surface area (Å²) in [5.41, 5.74) is 1.44. The minimum atomic E-state index is -1.69. The quantitative estimate of drug-likeness (QED) is 0.0997. The number of aromatic nitrogens is 3. The molecule has 2 unspecified atom stereocenters. The third-order valence-electron chi connectivity index (χ3n) is 5.88. The molecule has 4 rings (SSSR count). The maximum Gasteiger partial charge on any atom is 0.266 e. The summed E-state index contributed by atoms with van der Waals surface area (Å²) >= 11 is 6.04. The van der Waals surface area contributed by atoms with Crippen molar-refractivity contribution in [3.05, 3.63) is 70.7 Å². The number of hydrogen-bond acceptors (Lipinski definition) is 5. The van der Waals surface area contributed by atoms with E-state index < -0.39 is 11.7 Å². The van der Waals surface area contributed by atoms with Gasteiger partial charge < -0.3 is 9.30 Å². The lowest BCUT2D eigenvalue weighted by Crippen LogP contribution is -2.24. The number of halogens is 4. The summed E-state index contributed by atoms with van der Waals surface area (Å²) in [5.74, 6) is -0.0723. The predicted octanol–water partition coefficient (Wildman–Crippen LogP) is 7.10. The van der Waals surface area contributed by atoms with Crippen molar-refractivity contribution < 1.29 is 13.5 Å². The molecular formula is C24H27BrF2IN5OSi. The smallest absolute Gasteiger partial charge is 0.266 e. The van der Waals surface area contributed by atoms with E-state index in [0.29, 0.717) is 13.3 Å². The van der Waals surface area contributed by atoms with Crippen LogP contribution in [0.25, 0.3) is 11.0 Å². The molecule has 0 fully saturated rings. The molecule has 0 amide bonds. The van der Waals surface area contributed by atoms with Gasteiger partial charge in [-0.15, -0.1) is 21.8 Å². The first-order valence-corrected chi connectivity index (χ1v) is 18.5. The Morgan fingerprint density at radius 1 is 1.31 bits per heavy atom. The highest BCUT2D eigenvalue weighted by atomic mass is 127.